The number of fused-ring (bicyclic) bond motifs is 1. The summed E-state index contributed by atoms with van der Waals surface area (Å²) in [5, 5.41) is 3.50. The van der Waals surface area contributed by atoms with Crippen molar-refractivity contribution in [2.45, 2.75) is 51.5 Å². The molecular formula is C18H26N2. The molecule has 0 aromatic heterocycles. The zero-order valence-electron chi connectivity index (χ0n) is 12.5. The highest BCUT2D eigenvalue weighted by Crippen LogP contribution is 2.46. The van der Waals surface area contributed by atoms with Crippen LogP contribution in [0.25, 0.3) is 0 Å². The van der Waals surface area contributed by atoms with Gasteiger partial charge < -0.3 is 5.32 Å². The van der Waals surface area contributed by atoms with Crippen LogP contribution in [-0.4, -0.2) is 24.5 Å². The number of piperidine rings is 1. The van der Waals surface area contributed by atoms with E-state index >= 15 is 0 Å². The van der Waals surface area contributed by atoms with Gasteiger partial charge in [-0.05, 0) is 67.8 Å². The molecule has 0 atom stereocenters. The van der Waals surface area contributed by atoms with Crippen molar-refractivity contribution in [2.24, 2.45) is 5.41 Å². The van der Waals surface area contributed by atoms with Crippen molar-refractivity contribution in [3.63, 3.8) is 0 Å². The zero-order chi connectivity index (χ0) is 13.4. The van der Waals surface area contributed by atoms with Crippen LogP contribution in [0, 0.1) is 5.41 Å². The topological polar surface area (TPSA) is 15.3 Å². The number of nitrogens with one attached hydrogen (secondary N) is 1. The predicted octanol–water partition coefficient (Wildman–Crippen LogP) is 3.81. The van der Waals surface area contributed by atoms with E-state index in [-0.39, 0.29) is 0 Å². The summed E-state index contributed by atoms with van der Waals surface area (Å²) in [4.78, 5) is 2.67. The second-order valence-corrected chi connectivity index (χ2v) is 7.15. The number of likely N-dealkylation sites (tertiary alicyclic amines) is 1. The van der Waals surface area contributed by atoms with Crippen LogP contribution in [0.4, 0.5) is 5.69 Å². The quantitative estimate of drug-likeness (QED) is 0.879. The van der Waals surface area contributed by atoms with E-state index in [1.807, 2.05) is 0 Å². The first-order valence-corrected chi connectivity index (χ1v) is 8.41. The van der Waals surface area contributed by atoms with E-state index in [0.29, 0.717) is 0 Å². The lowest BCUT2D eigenvalue weighted by Gasteiger charge is -2.39. The number of nitrogens with zero attached hydrogens (tertiary/aromatic N) is 1. The Bertz CT molecular complexity index is 478. The smallest absolute Gasteiger partial charge is 0.0376 e. The number of anilines is 1. The third kappa shape index (κ3) is 2.35. The van der Waals surface area contributed by atoms with Gasteiger partial charge in [0.05, 0.1) is 0 Å². The molecule has 1 aromatic carbocycles. The number of rotatable bonds is 2. The Morgan fingerprint density at radius 2 is 1.85 bits per heavy atom. The van der Waals surface area contributed by atoms with Crippen LogP contribution in [0.1, 0.15) is 49.7 Å². The molecule has 108 valence electrons. The molecule has 4 rings (SSSR count). The molecule has 0 amide bonds. The van der Waals surface area contributed by atoms with Crippen LogP contribution in [0.3, 0.4) is 0 Å². The molecule has 2 aliphatic heterocycles. The highest BCUT2D eigenvalue weighted by Gasteiger charge is 2.36. The van der Waals surface area contributed by atoms with Gasteiger partial charge in [0.15, 0.2) is 0 Å². The SMILES string of the molecule is c1cc2c(cc1CN1CCC3(CCCC3)CC1)NCC2. The van der Waals surface area contributed by atoms with E-state index in [1.165, 1.54) is 74.8 Å². The van der Waals surface area contributed by atoms with Crippen LogP contribution in [0.2, 0.25) is 0 Å². The fourth-order valence-electron chi connectivity index (χ4n) is 4.51. The number of benzene rings is 1. The minimum atomic E-state index is 0.746. The summed E-state index contributed by atoms with van der Waals surface area (Å²) in [6.07, 6.45) is 10.1. The van der Waals surface area contributed by atoms with Gasteiger partial charge in [0.25, 0.3) is 0 Å². The van der Waals surface area contributed by atoms with E-state index in [4.69, 9.17) is 0 Å². The minimum Gasteiger partial charge on any atom is -0.384 e. The molecule has 1 saturated heterocycles. The molecule has 2 heterocycles. The number of hydrogen-bond donors (Lipinski definition) is 1. The van der Waals surface area contributed by atoms with Crippen molar-refractivity contribution < 1.29 is 0 Å². The molecule has 20 heavy (non-hydrogen) atoms. The van der Waals surface area contributed by atoms with Gasteiger partial charge in [-0.2, -0.15) is 0 Å². The van der Waals surface area contributed by atoms with Crippen molar-refractivity contribution in [1.82, 2.24) is 4.90 Å². The van der Waals surface area contributed by atoms with Gasteiger partial charge >= 0.3 is 0 Å². The molecule has 0 bridgehead atoms. The van der Waals surface area contributed by atoms with E-state index in [2.05, 4.69) is 28.4 Å². The monoisotopic (exact) mass is 270 g/mol. The third-order valence-corrected chi connectivity index (χ3v) is 5.87. The lowest BCUT2D eigenvalue weighted by atomic mass is 9.77. The van der Waals surface area contributed by atoms with Crippen molar-refractivity contribution in [3.8, 4) is 0 Å². The maximum atomic E-state index is 3.50. The molecule has 2 fully saturated rings. The second-order valence-electron chi connectivity index (χ2n) is 7.15. The molecule has 1 aromatic rings. The maximum Gasteiger partial charge on any atom is 0.0376 e. The summed E-state index contributed by atoms with van der Waals surface area (Å²) in [6, 6.07) is 7.04. The summed E-state index contributed by atoms with van der Waals surface area (Å²) in [6.45, 7) is 4.88. The van der Waals surface area contributed by atoms with E-state index in [0.717, 1.165) is 18.5 Å². The highest BCUT2D eigenvalue weighted by molar-refractivity contribution is 5.57. The molecule has 1 N–H and O–H groups in total. The Hall–Kier alpha value is -1.02. The van der Waals surface area contributed by atoms with Crippen molar-refractivity contribution in [3.05, 3.63) is 29.3 Å². The summed E-state index contributed by atoms with van der Waals surface area (Å²) < 4.78 is 0. The Morgan fingerprint density at radius 3 is 2.65 bits per heavy atom. The van der Waals surface area contributed by atoms with Crippen LogP contribution in [0.5, 0.6) is 0 Å². The molecule has 2 nitrogen and oxygen atoms in total. The first-order chi connectivity index (χ1) is 9.83. The standard InChI is InChI=1S/C18H26N2/c1-2-7-18(6-1)8-11-20(12-9-18)14-15-3-4-16-5-10-19-17(16)13-15/h3-4,13,19H,1-2,5-12,14H2. The largest absolute Gasteiger partial charge is 0.384 e. The van der Waals surface area contributed by atoms with Crippen molar-refractivity contribution in [1.29, 1.82) is 0 Å². The molecule has 0 unspecified atom stereocenters. The normalized spacial score (nSPS) is 24.8. The molecule has 2 heteroatoms. The summed E-state index contributed by atoms with van der Waals surface area (Å²) in [7, 11) is 0. The lowest BCUT2D eigenvalue weighted by molar-refractivity contribution is 0.103. The Morgan fingerprint density at radius 1 is 1.05 bits per heavy atom. The first-order valence-electron chi connectivity index (χ1n) is 8.41. The van der Waals surface area contributed by atoms with E-state index < -0.39 is 0 Å². The average molecular weight is 270 g/mol. The highest BCUT2D eigenvalue weighted by atomic mass is 15.1. The van der Waals surface area contributed by atoms with Crippen molar-refractivity contribution >= 4 is 5.69 Å². The predicted molar refractivity (Wildman–Crippen MR) is 84.0 cm³/mol. The van der Waals surface area contributed by atoms with Gasteiger partial charge in [-0.15, -0.1) is 0 Å². The van der Waals surface area contributed by atoms with E-state index in [1.54, 1.807) is 0 Å². The van der Waals surface area contributed by atoms with Gasteiger partial charge in [0.2, 0.25) is 0 Å². The Kier molecular flexibility index (Phi) is 3.22. The first kappa shape index (κ1) is 12.7. The number of hydrogen-bond acceptors (Lipinski definition) is 2. The minimum absolute atomic E-state index is 0.746. The summed E-state index contributed by atoms with van der Waals surface area (Å²) in [5.74, 6) is 0. The van der Waals surface area contributed by atoms with Gasteiger partial charge in [-0.1, -0.05) is 25.0 Å². The Balaban J connectivity index is 1.38. The lowest BCUT2D eigenvalue weighted by Crippen LogP contribution is -2.38. The molecule has 1 spiro atoms. The molecule has 3 aliphatic rings. The molecule has 1 saturated carbocycles. The van der Waals surface area contributed by atoms with Crippen LogP contribution in [-0.2, 0) is 13.0 Å². The van der Waals surface area contributed by atoms with Gasteiger partial charge in [-0.3, -0.25) is 4.90 Å². The second kappa shape index (κ2) is 5.07. The third-order valence-electron chi connectivity index (χ3n) is 5.87. The summed E-state index contributed by atoms with van der Waals surface area (Å²) >= 11 is 0. The fourth-order valence-corrected chi connectivity index (χ4v) is 4.51. The van der Waals surface area contributed by atoms with Crippen molar-refractivity contribution in [2.75, 3.05) is 25.0 Å². The van der Waals surface area contributed by atoms with Crippen LogP contribution < -0.4 is 5.32 Å². The zero-order valence-corrected chi connectivity index (χ0v) is 12.5. The average Bonchev–Trinajstić information content (AvgIpc) is 3.11. The van der Waals surface area contributed by atoms with Gasteiger partial charge in [-0.25, -0.2) is 0 Å². The van der Waals surface area contributed by atoms with E-state index in [9.17, 15) is 0 Å². The summed E-state index contributed by atoms with van der Waals surface area (Å²) in [5.41, 5.74) is 5.11. The molecular weight excluding hydrogens is 244 g/mol. The molecule has 1 aliphatic carbocycles. The Labute approximate surface area is 122 Å². The fraction of sp³-hybridized carbons (Fsp3) is 0.667. The van der Waals surface area contributed by atoms with Gasteiger partial charge in [0.1, 0.15) is 0 Å². The molecule has 0 radical (unpaired) electrons. The van der Waals surface area contributed by atoms with Crippen LogP contribution >= 0.6 is 0 Å². The van der Waals surface area contributed by atoms with Crippen LogP contribution in [0.15, 0.2) is 18.2 Å². The van der Waals surface area contributed by atoms with Gasteiger partial charge in [0, 0.05) is 18.8 Å². The maximum absolute atomic E-state index is 3.50.